The second-order valence-corrected chi connectivity index (χ2v) is 23.1. The molecule has 0 spiro atoms. The molecule has 0 radical (unpaired) electrons. The number of allylic oxidation sites excluding steroid dienone is 4. The number of hydrogen-bond donors (Lipinski definition) is 0. The highest BCUT2D eigenvalue weighted by Crippen LogP contribution is 2.54. The highest BCUT2D eigenvalue weighted by molar-refractivity contribution is 7.85. The van der Waals surface area contributed by atoms with Crippen molar-refractivity contribution in [1.29, 1.82) is 0 Å². The van der Waals surface area contributed by atoms with E-state index in [1.54, 1.807) is 0 Å². The van der Waals surface area contributed by atoms with Crippen molar-refractivity contribution in [3.63, 3.8) is 0 Å². The highest BCUT2D eigenvalue weighted by Gasteiger charge is 2.46. The van der Waals surface area contributed by atoms with Crippen LogP contribution in [0.2, 0.25) is 5.54 Å². The first kappa shape index (κ1) is 34.8. The van der Waals surface area contributed by atoms with Gasteiger partial charge in [-0.05, 0) is 27.5 Å². The molecule has 2 nitrogen and oxygen atoms in total. The van der Waals surface area contributed by atoms with Crippen LogP contribution in [0.4, 0.5) is 0 Å². The molecule has 1 aliphatic rings. The van der Waals surface area contributed by atoms with Crippen molar-refractivity contribution in [2.45, 2.75) is 12.0 Å². The molecule has 258 valence electrons. The smallest absolute Gasteiger partial charge is 0.171 e. The van der Waals surface area contributed by atoms with Gasteiger partial charge in [-0.2, -0.15) is 0 Å². The predicted molar refractivity (Wildman–Crippen MR) is 229 cm³/mol. The van der Waals surface area contributed by atoms with Gasteiger partial charge in [0, 0.05) is 31.8 Å². The maximum Gasteiger partial charge on any atom is 0.171 e. The van der Waals surface area contributed by atoms with E-state index in [9.17, 15) is 0 Å². The van der Waals surface area contributed by atoms with Crippen LogP contribution >= 0.6 is 14.3 Å². The zero-order valence-electron chi connectivity index (χ0n) is 29.4. The molecule has 7 aromatic rings. The van der Waals surface area contributed by atoms with Crippen LogP contribution in [0.25, 0.3) is 0 Å². The summed E-state index contributed by atoms with van der Waals surface area (Å²) in [6, 6.07) is 70.1. The van der Waals surface area contributed by atoms with E-state index in [-0.39, 0.29) is 5.54 Å². The van der Waals surface area contributed by atoms with Gasteiger partial charge in [0.25, 0.3) is 0 Å². The molecule has 0 fully saturated rings. The average Bonchev–Trinajstić information content (AvgIpc) is 3.26. The fourth-order valence-corrected chi connectivity index (χ4v) is 18.7. The molecule has 0 bridgehead atoms. The molecule has 0 aromatic heterocycles. The fraction of sp³-hybridized carbons (Fsp3) is 0.0417. The molecule has 0 heterocycles. The molecule has 1 atom stereocenters. The van der Waals surface area contributed by atoms with Gasteiger partial charge in [0.1, 0.15) is 0 Å². The summed E-state index contributed by atoms with van der Waals surface area (Å²) in [6.45, 7) is 0. The van der Waals surface area contributed by atoms with E-state index in [1.807, 2.05) is 121 Å². The van der Waals surface area contributed by atoms with Crippen LogP contribution in [0, 0.1) is 0 Å². The van der Waals surface area contributed by atoms with Crippen molar-refractivity contribution in [1.82, 2.24) is 0 Å². The maximum atomic E-state index is 15.4. The normalized spacial score (nSPS) is 14.7. The molecular weight excluding hydrogens is 699 g/mol. The Labute approximate surface area is 314 Å². The van der Waals surface area contributed by atoms with Crippen molar-refractivity contribution in [3.8, 4) is 0 Å². The molecule has 0 aliphatic heterocycles. The van der Waals surface area contributed by atoms with Crippen LogP contribution < -0.4 is 42.1 Å². The van der Waals surface area contributed by atoms with E-state index in [2.05, 4.69) is 103 Å². The first-order chi connectivity index (χ1) is 26.1. The summed E-state index contributed by atoms with van der Waals surface area (Å²) in [5.41, 5.74) is 0.122. The molecule has 53 heavy (non-hydrogen) atoms. The molecule has 1 unspecified atom stereocenters. The van der Waals surface area contributed by atoms with Gasteiger partial charge in [0.05, 0.1) is 0 Å². The minimum Gasteiger partial charge on any atom is -0.309 e. The zero-order chi connectivity index (χ0) is 36.1. The summed E-state index contributed by atoms with van der Waals surface area (Å²) in [5, 5.41) is 8.85. The predicted octanol–water partition coefficient (Wildman–Crippen LogP) is 8.02. The minimum atomic E-state index is -3.15. The fourth-order valence-electron chi connectivity index (χ4n) is 8.09. The van der Waals surface area contributed by atoms with Gasteiger partial charge in [-0.1, -0.05) is 224 Å². The Morgan fingerprint density at radius 3 is 1.06 bits per heavy atom. The first-order valence-corrected chi connectivity index (χ1v) is 23.6. The lowest BCUT2D eigenvalue weighted by Crippen LogP contribution is -2.69. The molecule has 5 heteroatoms. The molecule has 0 saturated carbocycles. The third-order valence-electron chi connectivity index (χ3n) is 10.6. The Balaban J connectivity index is 1.29. The van der Waals surface area contributed by atoms with Gasteiger partial charge < -0.3 is 9.13 Å². The van der Waals surface area contributed by atoms with Gasteiger partial charge in [-0.25, -0.2) is 0 Å². The standard InChI is InChI=1S/C48H40O2P2Si/c49-51(39-19-7-1-8-20-39,40-21-9-2-10-22-40)43-31-35-47(36-32-43)53(45-27-15-5-16-28-45,46-29-17-6-18-30-46)48-37-33-44(34-38-48)52(50,41-23-11-3-12-24-41)42-25-13-4-14-26-42/h1-37,48H,38H2. The molecule has 0 N–H and O–H groups in total. The average molecular weight is 739 g/mol. The third kappa shape index (κ3) is 6.20. The molecule has 7 aromatic carbocycles. The lowest BCUT2D eigenvalue weighted by molar-refractivity contribution is 0.590. The van der Waals surface area contributed by atoms with Crippen LogP contribution in [0.5, 0.6) is 0 Å². The number of benzene rings is 7. The molecule has 0 saturated heterocycles. The van der Waals surface area contributed by atoms with Crippen LogP contribution in [0.15, 0.2) is 230 Å². The van der Waals surface area contributed by atoms with Crippen molar-refractivity contribution in [2.75, 3.05) is 0 Å². The van der Waals surface area contributed by atoms with Crippen molar-refractivity contribution in [2.24, 2.45) is 0 Å². The second kappa shape index (κ2) is 15.0. The highest BCUT2D eigenvalue weighted by atomic mass is 31.2. The summed E-state index contributed by atoms with van der Waals surface area (Å²) in [7, 11) is -9.09. The van der Waals surface area contributed by atoms with Crippen molar-refractivity contribution in [3.05, 3.63) is 230 Å². The number of rotatable bonds is 10. The number of hydrogen-bond acceptors (Lipinski definition) is 2. The van der Waals surface area contributed by atoms with Gasteiger partial charge in [0.15, 0.2) is 22.4 Å². The molecule has 0 amide bonds. The Morgan fingerprint density at radius 2 is 0.698 bits per heavy atom. The van der Waals surface area contributed by atoms with E-state index < -0.39 is 22.4 Å². The SMILES string of the molecule is O=P(C1=CCC([Si](c2ccccc2)(c2ccccc2)c2ccc(P(=O)(c3ccccc3)c3ccccc3)cc2)C=C1)(c1ccccc1)c1ccccc1. The lowest BCUT2D eigenvalue weighted by Gasteiger charge is -2.40. The van der Waals surface area contributed by atoms with E-state index in [1.165, 1.54) is 15.6 Å². The monoisotopic (exact) mass is 738 g/mol. The first-order valence-electron chi connectivity index (χ1n) is 18.1. The summed E-state index contributed by atoms with van der Waals surface area (Å²) in [5.74, 6) is 0. The quantitative estimate of drug-likeness (QED) is 0.0810. The van der Waals surface area contributed by atoms with E-state index >= 15 is 9.13 Å². The van der Waals surface area contributed by atoms with Crippen LogP contribution in [-0.4, -0.2) is 8.07 Å². The van der Waals surface area contributed by atoms with Gasteiger partial charge in [-0.3, -0.25) is 0 Å². The Bertz CT molecular complexity index is 2320. The van der Waals surface area contributed by atoms with Gasteiger partial charge in [0.2, 0.25) is 0 Å². The summed E-state index contributed by atoms with van der Waals surface area (Å²) >= 11 is 0. The summed E-state index contributed by atoms with van der Waals surface area (Å²) in [6.07, 6.45) is 7.47. The van der Waals surface area contributed by atoms with Gasteiger partial charge >= 0.3 is 0 Å². The Morgan fingerprint density at radius 1 is 0.377 bits per heavy atom. The lowest BCUT2D eigenvalue weighted by atomic mass is 10.2. The van der Waals surface area contributed by atoms with Crippen LogP contribution in [-0.2, 0) is 9.13 Å². The third-order valence-corrected chi connectivity index (χ3v) is 22.1. The topological polar surface area (TPSA) is 34.1 Å². The largest absolute Gasteiger partial charge is 0.309 e. The van der Waals surface area contributed by atoms with E-state index in [0.717, 1.165) is 38.3 Å². The molecule has 1 aliphatic carbocycles. The van der Waals surface area contributed by atoms with Crippen LogP contribution in [0.3, 0.4) is 0 Å². The molecule has 8 rings (SSSR count). The van der Waals surface area contributed by atoms with E-state index in [0.29, 0.717) is 0 Å². The molecular formula is C48H40O2P2Si. The van der Waals surface area contributed by atoms with Crippen LogP contribution in [0.1, 0.15) is 6.42 Å². The Kier molecular flexibility index (Phi) is 9.82. The minimum absolute atomic E-state index is 0.122. The maximum absolute atomic E-state index is 15.4. The summed E-state index contributed by atoms with van der Waals surface area (Å²) in [4.78, 5) is 0. The van der Waals surface area contributed by atoms with Crippen molar-refractivity contribution < 1.29 is 9.13 Å². The summed E-state index contributed by atoms with van der Waals surface area (Å²) < 4.78 is 30.7. The second-order valence-electron chi connectivity index (χ2n) is 13.5. The van der Waals surface area contributed by atoms with Crippen molar-refractivity contribution >= 4 is 64.4 Å². The Hall–Kier alpha value is -5.30. The van der Waals surface area contributed by atoms with E-state index in [4.69, 9.17) is 0 Å². The van der Waals surface area contributed by atoms with Gasteiger partial charge in [-0.15, -0.1) is 0 Å². The zero-order valence-corrected chi connectivity index (χ0v) is 32.1.